The average molecular weight is 491 g/mol. The molecule has 0 spiro atoms. The van der Waals surface area contributed by atoms with E-state index in [0.717, 1.165) is 0 Å². The third-order valence-electron chi connectivity index (χ3n) is 5.78. The molecular weight excluding hydrogens is 463 g/mol. The molecule has 9 heteroatoms. The maximum Gasteiger partial charge on any atom is 0.341 e. The molecule has 3 rings (SSSR count). The number of pyridine rings is 1. The minimum absolute atomic E-state index is 0.0258. The van der Waals surface area contributed by atoms with Crippen molar-refractivity contribution in [2.24, 2.45) is 11.7 Å². The maximum atomic E-state index is 14.6. The molecule has 3 aromatic rings. The third-order valence-corrected chi connectivity index (χ3v) is 6.07. The highest BCUT2D eigenvalue weighted by atomic mass is 35.5. The fraction of sp³-hybridized carbons (Fsp3) is 0.360. The Bertz CT molecular complexity index is 1260. The number of aliphatic hydroxyl groups excluding tert-OH is 1. The number of carboxylic acids is 1. The summed E-state index contributed by atoms with van der Waals surface area (Å²) in [4.78, 5) is 24.9. The van der Waals surface area contributed by atoms with Crippen LogP contribution in [0.15, 0.2) is 41.3 Å². The quantitative estimate of drug-likeness (QED) is 0.370. The fourth-order valence-corrected chi connectivity index (χ4v) is 4.09. The van der Waals surface area contributed by atoms with Gasteiger partial charge in [-0.25, -0.2) is 9.18 Å². The first-order valence-corrected chi connectivity index (χ1v) is 11.4. The second kappa shape index (κ2) is 11.0. The smallest absolute Gasteiger partial charge is 0.341 e. The molecule has 1 aromatic heterocycles. The number of aliphatic hydroxyl groups is 1. The van der Waals surface area contributed by atoms with Gasteiger partial charge >= 0.3 is 5.97 Å². The Hall–Kier alpha value is -2.94. The second-order valence-corrected chi connectivity index (χ2v) is 8.84. The predicted octanol–water partition coefficient (Wildman–Crippen LogP) is 4.00. The number of nitrogens with two attached hydrogens (primary N) is 1. The molecule has 7 nitrogen and oxygen atoms in total. The van der Waals surface area contributed by atoms with E-state index < -0.39 is 28.8 Å². The van der Waals surface area contributed by atoms with Crippen molar-refractivity contribution in [3.63, 3.8) is 0 Å². The van der Waals surface area contributed by atoms with E-state index in [1.807, 2.05) is 13.8 Å². The molecule has 0 unspecified atom stereocenters. The van der Waals surface area contributed by atoms with E-state index in [0.29, 0.717) is 42.0 Å². The Morgan fingerprint density at radius 2 is 2.00 bits per heavy atom. The summed E-state index contributed by atoms with van der Waals surface area (Å²) in [5.41, 5.74) is 5.73. The highest BCUT2D eigenvalue weighted by molar-refractivity contribution is 6.30. The van der Waals surface area contributed by atoms with Gasteiger partial charge in [-0.2, -0.15) is 0 Å². The fourth-order valence-electron chi connectivity index (χ4n) is 3.90. The van der Waals surface area contributed by atoms with Crippen LogP contribution in [0.4, 0.5) is 4.39 Å². The van der Waals surface area contributed by atoms with E-state index in [-0.39, 0.29) is 29.4 Å². The first-order valence-electron chi connectivity index (χ1n) is 11.0. The number of rotatable bonds is 10. The van der Waals surface area contributed by atoms with Gasteiger partial charge in [0.1, 0.15) is 17.1 Å². The summed E-state index contributed by atoms with van der Waals surface area (Å²) in [5, 5.41) is 19.8. The second-order valence-electron chi connectivity index (χ2n) is 8.44. The topological polar surface area (TPSA) is 115 Å². The van der Waals surface area contributed by atoms with Gasteiger partial charge in [-0.1, -0.05) is 37.6 Å². The molecule has 0 radical (unpaired) electrons. The lowest BCUT2D eigenvalue weighted by Gasteiger charge is -2.25. The Morgan fingerprint density at radius 3 is 2.62 bits per heavy atom. The van der Waals surface area contributed by atoms with Crippen molar-refractivity contribution in [3.8, 4) is 5.75 Å². The van der Waals surface area contributed by atoms with Crippen molar-refractivity contribution in [3.05, 3.63) is 74.3 Å². The molecule has 4 N–H and O–H groups in total. The zero-order valence-corrected chi connectivity index (χ0v) is 19.8. The van der Waals surface area contributed by atoms with Crippen LogP contribution in [-0.4, -0.2) is 40.5 Å². The first kappa shape index (κ1) is 25.7. The molecule has 1 atom stereocenters. The molecule has 34 heavy (non-hydrogen) atoms. The number of aromatic nitrogens is 1. The predicted molar refractivity (Wildman–Crippen MR) is 130 cm³/mol. The van der Waals surface area contributed by atoms with E-state index in [4.69, 9.17) is 22.1 Å². The number of hydrogen-bond acceptors (Lipinski definition) is 5. The van der Waals surface area contributed by atoms with Crippen LogP contribution in [0.3, 0.4) is 0 Å². The molecule has 0 fully saturated rings. The normalized spacial score (nSPS) is 12.3. The van der Waals surface area contributed by atoms with Gasteiger partial charge < -0.3 is 25.3 Å². The summed E-state index contributed by atoms with van der Waals surface area (Å²) in [6.07, 6.45) is 1.91. The van der Waals surface area contributed by atoms with Gasteiger partial charge in [-0.3, -0.25) is 4.79 Å². The van der Waals surface area contributed by atoms with Gasteiger partial charge in [0.2, 0.25) is 5.43 Å². The Kier molecular flexibility index (Phi) is 8.30. The summed E-state index contributed by atoms with van der Waals surface area (Å²) < 4.78 is 22.2. The van der Waals surface area contributed by atoms with E-state index in [1.165, 1.54) is 18.3 Å². The van der Waals surface area contributed by atoms with Gasteiger partial charge in [0, 0.05) is 24.1 Å². The van der Waals surface area contributed by atoms with Gasteiger partial charge in [0.25, 0.3) is 0 Å². The van der Waals surface area contributed by atoms with Crippen LogP contribution in [0.25, 0.3) is 10.9 Å². The number of aromatic carboxylic acids is 1. The van der Waals surface area contributed by atoms with Gasteiger partial charge in [-0.05, 0) is 42.1 Å². The number of benzene rings is 2. The van der Waals surface area contributed by atoms with E-state index in [2.05, 4.69) is 0 Å². The molecule has 0 aliphatic carbocycles. The van der Waals surface area contributed by atoms with Crippen molar-refractivity contribution >= 4 is 28.5 Å². The number of carbonyl (C=O) groups is 1. The summed E-state index contributed by atoms with van der Waals surface area (Å²) >= 11 is 5.94. The van der Waals surface area contributed by atoms with Gasteiger partial charge in [-0.15, -0.1) is 0 Å². The molecule has 0 aliphatic rings. The molecule has 2 aromatic carbocycles. The monoisotopic (exact) mass is 490 g/mol. The van der Waals surface area contributed by atoms with Gasteiger partial charge in [0.05, 0.1) is 29.8 Å². The number of hydrogen-bond donors (Lipinski definition) is 3. The largest absolute Gasteiger partial charge is 0.493 e. The SMILES string of the molecule is CC(C)[C@@H](CO)n1cc(C(=O)O)c(=O)c2cc(Cc3cccc(Cl)c3F)c(OCCCN)cc21. The molecule has 0 amide bonds. The number of halogens is 2. The number of fused-ring (bicyclic) bond motifs is 1. The molecule has 0 aliphatic heterocycles. The summed E-state index contributed by atoms with van der Waals surface area (Å²) in [5.74, 6) is -1.59. The highest BCUT2D eigenvalue weighted by Gasteiger charge is 2.23. The minimum Gasteiger partial charge on any atom is -0.493 e. The third kappa shape index (κ3) is 5.24. The molecule has 0 saturated heterocycles. The van der Waals surface area contributed by atoms with Crippen LogP contribution in [0, 0.1) is 11.7 Å². The van der Waals surface area contributed by atoms with Crippen LogP contribution in [0.1, 0.15) is 47.8 Å². The maximum absolute atomic E-state index is 14.6. The van der Waals surface area contributed by atoms with E-state index in [1.54, 1.807) is 22.8 Å². The zero-order chi connectivity index (χ0) is 25.0. The number of ether oxygens (including phenoxy) is 1. The lowest BCUT2D eigenvalue weighted by molar-refractivity contribution is 0.0694. The molecule has 1 heterocycles. The zero-order valence-electron chi connectivity index (χ0n) is 19.1. The van der Waals surface area contributed by atoms with Crippen LogP contribution < -0.4 is 15.9 Å². The lowest BCUT2D eigenvalue weighted by Crippen LogP contribution is -2.25. The van der Waals surface area contributed by atoms with E-state index in [9.17, 15) is 24.2 Å². The van der Waals surface area contributed by atoms with Crippen molar-refractivity contribution in [1.82, 2.24) is 4.57 Å². The molecular formula is C25H28ClFN2O5. The first-order chi connectivity index (χ1) is 16.2. The Labute approximate surface area is 201 Å². The summed E-state index contributed by atoms with van der Waals surface area (Å²) in [7, 11) is 0. The molecule has 0 bridgehead atoms. The van der Waals surface area contributed by atoms with Crippen LogP contribution in [0.2, 0.25) is 5.02 Å². The van der Waals surface area contributed by atoms with Crippen LogP contribution in [-0.2, 0) is 6.42 Å². The summed E-state index contributed by atoms with van der Waals surface area (Å²) in [6.45, 7) is 4.24. The number of nitrogens with zero attached hydrogens (tertiary/aromatic N) is 1. The Balaban J connectivity index is 2.31. The standard InChI is InChI=1S/C25H28ClFN2O5/c1-14(2)21(13-30)29-12-18(25(32)33)24(31)17-10-16(9-15-5-3-6-19(26)23(15)27)22(11-20(17)29)34-8-4-7-28/h3,5-6,10-12,14,21,30H,4,7-9,13,28H2,1-2H3,(H,32,33)/t21-/m1/s1. The van der Waals surface area contributed by atoms with Gasteiger partial charge in [0.15, 0.2) is 0 Å². The number of carboxylic acid groups (broad SMARTS) is 1. The van der Waals surface area contributed by atoms with Crippen molar-refractivity contribution in [2.75, 3.05) is 19.8 Å². The summed E-state index contributed by atoms with van der Waals surface area (Å²) in [6, 6.07) is 7.35. The average Bonchev–Trinajstić information content (AvgIpc) is 2.79. The molecule has 182 valence electrons. The lowest BCUT2D eigenvalue weighted by atomic mass is 9.98. The molecule has 0 saturated carbocycles. The van der Waals surface area contributed by atoms with Crippen molar-refractivity contribution < 1.29 is 24.1 Å². The van der Waals surface area contributed by atoms with Crippen LogP contribution in [0.5, 0.6) is 5.75 Å². The highest BCUT2D eigenvalue weighted by Crippen LogP contribution is 2.31. The Morgan fingerprint density at radius 1 is 1.26 bits per heavy atom. The minimum atomic E-state index is -1.37. The van der Waals surface area contributed by atoms with Crippen molar-refractivity contribution in [1.29, 1.82) is 0 Å². The van der Waals surface area contributed by atoms with Crippen molar-refractivity contribution in [2.45, 2.75) is 32.7 Å². The van der Waals surface area contributed by atoms with Crippen LogP contribution >= 0.6 is 11.6 Å². The van der Waals surface area contributed by atoms with E-state index >= 15 is 0 Å².